The summed E-state index contributed by atoms with van der Waals surface area (Å²) in [4.78, 5) is 7.61. The Bertz CT molecular complexity index is 4080. The van der Waals surface area contributed by atoms with Crippen LogP contribution in [-0.4, -0.2) is 6.85 Å². The molecule has 0 saturated carbocycles. The topological polar surface area (TPSA) is 9.72 Å². The van der Waals surface area contributed by atoms with Crippen molar-refractivity contribution >= 4 is 63.3 Å². The van der Waals surface area contributed by atoms with Gasteiger partial charge in [0.25, 0.3) is 0 Å². The summed E-state index contributed by atoms with van der Waals surface area (Å²) in [7, 11) is 0. The molecule has 0 radical (unpaired) electrons. The van der Waals surface area contributed by atoms with Crippen molar-refractivity contribution in [2.24, 2.45) is 0 Å². The first-order chi connectivity index (χ1) is 39.3. The summed E-state index contributed by atoms with van der Waals surface area (Å²) in [6, 6.07) is 109. The van der Waals surface area contributed by atoms with Gasteiger partial charge >= 0.3 is 6.85 Å². The predicted molar refractivity (Wildman–Crippen MR) is 341 cm³/mol. The molecule has 2 aliphatic heterocycles. The molecule has 0 N–H and O–H groups in total. The van der Waals surface area contributed by atoms with E-state index in [2.05, 4.69) is 333 Å². The van der Waals surface area contributed by atoms with E-state index in [0.29, 0.717) is 0 Å². The molecule has 80 heavy (non-hydrogen) atoms. The molecule has 0 atom stereocenters. The molecule has 0 bridgehead atoms. The number of hydrogen-bond acceptors (Lipinski definition) is 3. The highest BCUT2D eigenvalue weighted by molar-refractivity contribution is 6.93. The van der Waals surface area contributed by atoms with E-state index in [-0.39, 0.29) is 12.3 Å². The molecule has 0 aliphatic carbocycles. The van der Waals surface area contributed by atoms with Gasteiger partial charge in [-0.2, -0.15) is 0 Å². The van der Waals surface area contributed by atoms with E-state index in [1.807, 2.05) is 0 Å². The fourth-order valence-corrected chi connectivity index (χ4v) is 12.1. The Labute approximate surface area is 471 Å². The number of rotatable bonds is 10. The van der Waals surface area contributed by atoms with E-state index in [0.717, 1.165) is 34.1 Å². The second-order valence-electron chi connectivity index (χ2n) is 22.1. The van der Waals surface area contributed by atoms with Crippen molar-refractivity contribution in [3.63, 3.8) is 0 Å². The lowest BCUT2D eigenvalue weighted by Crippen LogP contribution is -2.61. The van der Waals surface area contributed by atoms with Crippen molar-refractivity contribution < 1.29 is 0 Å². The molecule has 0 spiro atoms. The summed E-state index contributed by atoms with van der Waals surface area (Å²) in [5.74, 6) is 0. The highest BCUT2D eigenvalue weighted by Gasteiger charge is 2.46. The van der Waals surface area contributed by atoms with Gasteiger partial charge in [0.2, 0.25) is 0 Å². The third-order valence-corrected chi connectivity index (χ3v) is 16.2. The summed E-state index contributed by atoms with van der Waals surface area (Å²) < 4.78 is 0. The highest BCUT2D eigenvalue weighted by atomic mass is 15.2. The SMILES string of the molecule is CC(C)(C)c1cc2c3c(c1)N(c1ccc(-c4ccccc4)cc1)c1ccc(-c4ccccc4)cc1B3N(c1ccc(-c3ccccc3)cc1)c1ccc(N(c3ccc(-c4ccccc4)cc3)c3ccc(-c4ccccc4)cc3)cc1-2. The number of anilines is 8. The van der Waals surface area contributed by atoms with Gasteiger partial charge in [-0.1, -0.05) is 239 Å². The molecule has 0 saturated heterocycles. The van der Waals surface area contributed by atoms with Crippen LogP contribution in [0.3, 0.4) is 0 Å². The van der Waals surface area contributed by atoms with E-state index in [4.69, 9.17) is 0 Å². The number of fused-ring (bicyclic) bond motifs is 4. The van der Waals surface area contributed by atoms with E-state index in [1.54, 1.807) is 0 Å². The molecule has 12 aromatic rings. The van der Waals surface area contributed by atoms with Crippen molar-refractivity contribution in [3.8, 4) is 66.8 Å². The largest absolute Gasteiger partial charge is 0.376 e. The predicted octanol–water partition coefficient (Wildman–Crippen LogP) is 19.5. The maximum absolute atomic E-state index is 2.63. The summed E-state index contributed by atoms with van der Waals surface area (Å²) in [5.41, 5.74) is 27.0. The van der Waals surface area contributed by atoms with Gasteiger partial charge in [0, 0.05) is 51.1 Å². The quantitative estimate of drug-likeness (QED) is 0.126. The van der Waals surface area contributed by atoms with Crippen LogP contribution in [0.15, 0.2) is 297 Å². The second-order valence-corrected chi connectivity index (χ2v) is 22.1. The van der Waals surface area contributed by atoms with Crippen LogP contribution in [0.25, 0.3) is 66.8 Å². The zero-order chi connectivity index (χ0) is 53.7. The maximum Gasteiger partial charge on any atom is 0.333 e. The zero-order valence-electron chi connectivity index (χ0n) is 45.2. The molecule has 3 nitrogen and oxygen atoms in total. The third kappa shape index (κ3) is 8.85. The minimum atomic E-state index is -0.180. The Balaban J connectivity index is 1.02. The molecule has 2 heterocycles. The molecular weight excluding hydrogens is 966 g/mol. The van der Waals surface area contributed by atoms with E-state index < -0.39 is 0 Å². The van der Waals surface area contributed by atoms with Crippen LogP contribution in [0.5, 0.6) is 0 Å². The van der Waals surface area contributed by atoms with Gasteiger partial charge in [-0.15, -0.1) is 0 Å². The van der Waals surface area contributed by atoms with E-state index >= 15 is 0 Å². The van der Waals surface area contributed by atoms with Crippen LogP contribution in [0.4, 0.5) is 45.5 Å². The smallest absolute Gasteiger partial charge is 0.333 e. The molecule has 4 heteroatoms. The molecule has 0 amide bonds. The van der Waals surface area contributed by atoms with Crippen molar-refractivity contribution in [3.05, 3.63) is 303 Å². The van der Waals surface area contributed by atoms with Crippen LogP contribution in [0.1, 0.15) is 26.3 Å². The molecular formula is C76H58BN3. The fourth-order valence-electron chi connectivity index (χ4n) is 12.1. The maximum atomic E-state index is 2.63. The second kappa shape index (κ2) is 20.2. The monoisotopic (exact) mass is 1020 g/mol. The van der Waals surface area contributed by atoms with Crippen molar-refractivity contribution in [1.29, 1.82) is 0 Å². The van der Waals surface area contributed by atoms with E-state index in [9.17, 15) is 0 Å². The highest BCUT2D eigenvalue weighted by Crippen LogP contribution is 2.51. The normalized spacial score (nSPS) is 12.4. The lowest BCUT2D eigenvalue weighted by atomic mass is 9.43. The Hall–Kier alpha value is -9.90. The molecule has 0 fully saturated rings. The zero-order valence-corrected chi connectivity index (χ0v) is 45.2. The summed E-state index contributed by atoms with van der Waals surface area (Å²) in [6.07, 6.45) is 0. The minimum absolute atomic E-state index is 0.170. The Morgan fingerprint density at radius 1 is 0.300 bits per heavy atom. The average Bonchev–Trinajstić information content (AvgIpc) is 3.70. The summed E-state index contributed by atoms with van der Waals surface area (Å²) >= 11 is 0. The van der Waals surface area contributed by atoms with Crippen molar-refractivity contribution in [2.75, 3.05) is 14.6 Å². The van der Waals surface area contributed by atoms with Crippen LogP contribution in [0.2, 0.25) is 0 Å². The van der Waals surface area contributed by atoms with Gasteiger partial charge in [0.15, 0.2) is 0 Å². The summed E-state index contributed by atoms with van der Waals surface area (Å²) in [5, 5.41) is 0. The van der Waals surface area contributed by atoms with Gasteiger partial charge in [0.05, 0.1) is 0 Å². The first kappa shape index (κ1) is 48.5. The van der Waals surface area contributed by atoms with Crippen LogP contribution in [0, 0.1) is 0 Å². The van der Waals surface area contributed by atoms with Crippen molar-refractivity contribution in [2.45, 2.75) is 26.2 Å². The van der Waals surface area contributed by atoms with Gasteiger partial charge < -0.3 is 14.6 Å². The number of nitrogens with zero attached hydrogens (tertiary/aromatic N) is 3. The van der Waals surface area contributed by atoms with Crippen LogP contribution in [-0.2, 0) is 5.41 Å². The van der Waals surface area contributed by atoms with Gasteiger partial charge in [-0.25, -0.2) is 0 Å². The molecule has 12 aromatic carbocycles. The van der Waals surface area contributed by atoms with E-state index in [1.165, 1.54) is 94.6 Å². The van der Waals surface area contributed by atoms with Gasteiger partial charge in [0.1, 0.15) is 0 Å². The van der Waals surface area contributed by atoms with Gasteiger partial charge in [-0.3, -0.25) is 0 Å². The van der Waals surface area contributed by atoms with Crippen LogP contribution >= 0.6 is 0 Å². The number of benzene rings is 12. The number of hydrogen-bond donors (Lipinski definition) is 0. The first-order valence-corrected chi connectivity index (χ1v) is 27.8. The Morgan fingerprint density at radius 3 is 1.12 bits per heavy atom. The fraction of sp³-hybridized carbons (Fsp3) is 0.0526. The lowest BCUT2D eigenvalue weighted by Gasteiger charge is -2.46. The Kier molecular flexibility index (Phi) is 12.2. The molecule has 0 aromatic heterocycles. The Morgan fingerprint density at radius 2 is 0.675 bits per heavy atom. The first-order valence-electron chi connectivity index (χ1n) is 27.8. The minimum Gasteiger partial charge on any atom is -0.376 e. The molecule has 380 valence electrons. The standard InChI is InChI=1S/C76H58BN3/c1-76(2,3)63-50-70-69-52-68(78(64-38-29-58(30-39-64)53-19-9-4-10-20-53)65-40-31-59(32-41-65)54-21-11-5-12-22-54)46-48-72(69)80(67-44-35-61(36-45-67)56-25-15-7-16-26-56)77-71-49-62(57-27-17-8-18-28-57)37-47-73(71)79(74(51-63)75(70)77)66-42-33-60(34-43-66)55-23-13-6-14-24-55/h4-52H,1-3H3. The van der Waals surface area contributed by atoms with Crippen LogP contribution < -0.4 is 25.5 Å². The summed E-state index contributed by atoms with van der Waals surface area (Å²) in [6.45, 7) is 6.87. The molecule has 14 rings (SSSR count). The van der Waals surface area contributed by atoms with Gasteiger partial charge in [-0.05, 0) is 162 Å². The molecule has 2 aliphatic rings. The lowest BCUT2D eigenvalue weighted by molar-refractivity contribution is 0.590. The van der Waals surface area contributed by atoms with Crippen molar-refractivity contribution in [1.82, 2.24) is 0 Å². The molecule has 0 unspecified atom stereocenters. The third-order valence-electron chi connectivity index (χ3n) is 16.2. The average molecular weight is 1020 g/mol.